The first-order valence-electron chi connectivity index (χ1n) is 9.71. The van der Waals surface area contributed by atoms with Crippen molar-refractivity contribution in [2.75, 3.05) is 13.2 Å². The summed E-state index contributed by atoms with van der Waals surface area (Å²) in [6, 6.07) is 8.20. The van der Waals surface area contributed by atoms with E-state index >= 15 is 0 Å². The summed E-state index contributed by atoms with van der Waals surface area (Å²) in [5.74, 6) is 0.664. The van der Waals surface area contributed by atoms with Crippen LogP contribution in [0.15, 0.2) is 41.0 Å². The molecule has 0 N–H and O–H groups in total. The van der Waals surface area contributed by atoms with Gasteiger partial charge in [0.2, 0.25) is 5.90 Å². The molecule has 31 heavy (non-hydrogen) atoms. The molecule has 0 fully saturated rings. The van der Waals surface area contributed by atoms with Gasteiger partial charge in [0.1, 0.15) is 0 Å². The summed E-state index contributed by atoms with van der Waals surface area (Å²) < 4.78 is 17.7. The van der Waals surface area contributed by atoms with E-state index in [0.717, 1.165) is 9.99 Å². The van der Waals surface area contributed by atoms with Crippen LogP contribution >= 0.6 is 22.6 Å². The third-order valence-corrected chi connectivity index (χ3v) is 5.24. The van der Waals surface area contributed by atoms with Gasteiger partial charge in [0.25, 0.3) is 5.69 Å². The van der Waals surface area contributed by atoms with Crippen molar-refractivity contribution in [3.05, 3.63) is 66.4 Å². The second-order valence-electron chi connectivity index (χ2n) is 6.65. The Morgan fingerprint density at radius 3 is 2.71 bits per heavy atom. The molecule has 0 spiro atoms. The zero-order valence-electron chi connectivity index (χ0n) is 17.3. The van der Waals surface area contributed by atoms with Crippen molar-refractivity contribution in [1.82, 2.24) is 0 Å². The monoisotopic (exact) mass is 536 g/mol. The van der Waals surface area contributed by atoms with Gasteiger partial charge in [-0.25, -0.2) is 9.79 Å². The van der Waals surface area contributed by atoms with Crippen LogP contribution in [0, 0.1) is 20.6 Å². The number of ether oxygens (including phenoxy) is 3. The minimum atomic E-state index is -0.625. The van der Waals surface area contributed by atoms with Crippen molar-refractivity contribution in [3.63, 3.8) is 0 Å². The lowest BCUT2D eigenvalue weighted by atomic mass is 10.1. The molecule has 0 bridgehead atoms. The fourth-order valence-corrected chi connectivity index (χ4v) is 3.79. The van der Waals surface area contributed by atoms with E-state index in [1.54, 1.807) is 25.1 Å². The van der Waals surface area contributed by atoms with Gasteiger partial charge in [-0.3, -0.25) is 10.1 Å². The first-order chi connectivity index (χ1) is 14.8. The number of carbonyl (C=O) groups is 1. The first kappa shape index (κ1) is 22.7. The molecular formula is C22H21IN2O6. The SMILES string of the molecule is CCCOc1c(I)cc(/C=C2\N=C(c3cccc([N+](=O)[O-])c3C)OC2=O)cc1OCC. The van der Waals surface area contributed by atoms with E-state index in [1.807, 2.05) is 19.9 Å². The van der Waals surface area contributed by atoms with Gasteiger partial charge in [0, 0.05) is 17.2 Å². The second-order valence-corrected chi connectivity index (χ2v) is 7.82. The van der Waals surface area contributed by atoms with Crippen LogP contribution in [0.1, 0.15) is 37.0 Å². The normalized spacial score (nSPS) is 14.4. The van der Waals surface area contributed by atoms with Crippen LogP contribution in [0.4, 0.5) is 5.69 Å². The third-order valence-electron chi connectivity index (χ3n) is 4.44. The zero-order valence-corrected chi connectivity index (χ0v) is 19.5. The van der Waals surface area contributed by atoms with Crippen LogP contribution in [0.2, 0.25) is 0 Å². The molecule has 0 aliphatic carbocycles. The maximum Gasteiger partial charge on any atom is 0.363 e. The minimum Gasteiger partial charge on any atom is -0.490 e. The van der Waals surface area contributed by atoms with Crippen molar-refractivity contribution < 1.29 is 23.9 Å². The molecule has 0 atom stereocenters. The molecule has 0 saturated heterocycles. The topological polar surface area (TPSA) is 100 Å². The maximum absolute atomic E-state index is 12.4. The average molecular weight is 536 g/mol. The molecule has 1 aliphatic heterocycles. The van der Waals surface area contributed by atoms with Crippen LogP contribution in [0.5, 0.6) is 11.5 Å². The number of nitrogens with zero attached hydrogens (tertiary/aromatic N) is 2. The number of benzene rings is 2. The Hall–Kier alpha value is -2.95. The Morgan fingerprint density at radius 2 is 2.03 bits per heavy atom. The molecule has 0 saturated carbocycles. The van der Waals surface area contributed by atoms with Gasteiger partial charge in [0.15, 0.2) is 17.2 Å². The molecule has 1 heterocycles. The first-order valence-corrected chi connectivity index (χ1v) is 10.8. The zero-order chi connectivity index (χ0) is 22.5. The quantitative estimate of drug-likeness (QED) is 0.154. The molecule has 2 aromatic rings. The molecule has 0 aromatic heterocycles. The van der Waals surface area contributed by atoms with Gasteiger partial charge < -0.3 is 14.2 Å². The molecule has 0 unspecified atom stereocenters. The number of halogens is 1. The van der Waals surface area contributed by atoms with E-state index < -0.39 is 10.9 Å². The van der Waals surface area contributed by atoms with Gasteiger partial charge in [-0.05, 0) is 72.7 Å². The van der Waals surface area contributed by atoms with Crippen LogP contribution in [-0.2, 0) is 9.53 Å². The summed E-state index contributed by atoms with van der Waals surface area (Å²) in [6.07, 6.45) is 2.46. The predicted molar refractivity (Wildman–Crippen MR) is 125 cm³/mol. The largest absolute Gasteiger partial charge is 0.490 e. The molecule has 9 heteroatoms. The summed E-state index contributed by atoms with van der Waals surface area (Å²) in [4.78, 5) is 27.4. The van der Waals surface area contributed by atoms with Gasteiger partial charge in [-0.1, -0.05) is 13.0 Å². The number of hydrogen-bond acceptors (Lipinski definition) is 7. The van der Waals surface area contributed by atoms with E-state index in [-0.39, 0.29) is 17.3 Å². The fraction of sp³-hybridized carbons (Fsp3) is 0.273. The van der Waals surface area contributed by atoms with Crippen molar-refractivity contribution in [1.29, 1.82) is 0 Å². The maximum atomic E-state index is 12.4. The molecular weight excluding hydrogens is 515 g/mol. The number of hydrogen-bond donors (Lipinski definition) is 0. The summed E-state index contributed by atoms with van der Waals surface area (Å²) in [5, 5.41) is 11.2. The average Bonchev–Trinajstić information content (AvgIpc) is 3.07. The molecule has 0 amide bonds. The van der Waals surface area contributed by atoms with Crippen molar-refractivity contribution in [2.24, 2.45) is 4.99 Å². The lowest BCUT2D eigenvalue weighted by Gasteiger charge is -2.14. The van der Waals surface area contributed by atoms with E-state index in [9.17, 15) is 14.9 Å². The van der Waals surface area contributed by atoms with E-state index in [1.165, 1.54) is 12.1 Å². The predicted octanol–water partition coefficient (Wildman–Crippen LogP) is 5.04. The standard InChI is InChI=1S/C22H21IN2O6/c1-4-9-30-20-16(23)10-14(12-19(20)29-5-2)11-17-22(26)31-21(24-17)15-7-6-8-18(13(15)3)25(27)28/h6-8,10-12H,4-5,9H2,1-3H3/b17-11-. The molecule has 2 aromatic carbocycles. The molecule has 0 radical (unpaired) electrons. The lowest BCUT2D eigenvalue weighted by molar-refractivity contribution is -0.385. The number of nitro benzene ring substituents is 1. The fourth-order valence-electron chi connectivity index (χ4n) is 3.01. The minimum absolute atomic E-state index is 0.0417. The Kier molecular flexibility index (Phi) is 7.26. The van der Waals surface area contributed by atoms with Gasteiger partial charge >= 0.3 is 5.97 Å². The Morgan fingerprint density at radius 1 is 1.26 bits per heavy atom. The van der Waals surface area contributed by atoms with Crippen LogP contribution in [-0.4, -0.2) is 30.0 Å². The van der Waals surface area contributed by atoms with Crippen molar-refractivity contribution in [3.8, 4) is 11.5 Å². The highest BCUT2D eigenvalue weighted by molar-refractivity contribution is 14.1. The van der Waals surface area contributed by atoms with Crippen molar-refractivity contribution in [2.45, 2.75) is 27.2 Å². The summed E-state index contributed by atoms with van der Waals surface area (Å²) >= 11 is 2.16. The van der Waals surface area contributed by atoms with Gasteiger partial charge in [0.05, 0.1) is 21.7 Å². The van der Waals surface area contributed by atoms with E-state index in [4.69, 9.17) is 14.2 Å². The smallest absolute Gasteiger partial charge is 0.363 e. The van der Waals surface area contributed by atoms with Crippen LogP contribution in [0.3, 0.4) is 0 Å². The summed E-state index contributed by atoms with van der Waals surface area (Å²) in [5.41, 5.74) is 1.52. The number of cyclic esters (lactones) is 1. The summed E-state index contributed by atoms with van der Waals surface area (Å²) in [7, 11) is 0. The molecule has 162 valence electrons. The van der Waals surface area contributed by atoms with Crippen molar-refractivity contribution >= 4 is 46.2 Å². The number of carbonyl (C=O) groups excluding carboxylic acids is 1. The number of aliphatic imine (C=N–C) groups is 1. The number of esters is 1. The number of rotatable bonds is 8. The Labute approximate surface area is 193 Å². The molecule has 8 nitrogen and oxygen atoms in total. The highest BCUT2D eigenvalue weighted by atomic mass is 127. The lowest BCUT2D eigenvalue weighted by Crippen LogP contribution is -2.08. The highest BCUT2D eigenvalue weighted by Gasteiger charge is 2.27. The van der Waals surface area contributed by atoms with E-state index in [2.05, 4.69) is 27.6 Å². The van der Waals surface area contributed by atoms with E-state index in [0.29, 0.717) is 41.4 Å². The second kappa shape index (κ2) is 9.90. The van der Waals surface area contributed by atoms with Crippen LogP contribution < -0.4 is 9.47 Å². The Balaban J connectivity index is 1.99. The Bertz CT molecular complexity index is 1090. The molecule has 3 rings (SSSR count). The van der Waals surface area contributed by atoms with Gasteiger partial charge in [-0.15, -0.1) is 0 Å². The van der Waals surface area contributed by atoms with Gasteiger partial charge in [-0.2, -0.15) is 0 Å². The highest BCUT2D eigenvalue weighted by Crippen LogP contribution is 2.35. The third kappa shape index (κ3) is 5.04. The van der Waals surface area contributed by atoms with Crippen LogP contribution in [0.25, 0.3) is 6.08 Å². The number of nitro groups is 1. The molecule has 1 aliphatic rings. The summed E-state index contributed by atoms with van der Waals surface area (Å²) in [6.45, 7) is 6.54.